The number of rotatable bonds is 2. The van der Waals surface area contributed by atoms with Crippen LogP contribution in [0, 0.1) is 6.92 Å². The number of hydrogen-bond acceptors (Lipinski definition) is 3. The maximum Gasteiger partial charge on any atom is 0.263 e. The molecule has 94 valence electrons. The summed E-state index contributed by atoms with van der Waals surface area (Å²) in [6, 6.07) is 3.81. The summed E-state index contributed by atoms with van der Waals surface area (Å²) < 4.78 is 0. The average Bonchev–Trinajstić information content (AvgIpc) is 3.09. The predicted octanol–water partition coefficient (Wildman–Crippen LogP) is 2.41. The number of aromatic amines is 1. The van der Waals surface area contributed by atoms with Gasteiger partial charge in [0.1, 0.15) is 0 Å². The molecule has 3 heterocycles. The van der Waals surface area contributed by atoms with Gasteiger partial charge in [0.05, 0.1) is 11.1 Å². The predicted molar refractivity (Wildman–Crippen MR) is 70.9 cm³/mol. The number of likely N-dealkylation sites (tertiary alicyclic amines) is 1. The third-order valence-electron chi connectivity index (χ3n) is 3.48. The summed E-state index contributed by atoms with van der Waals surface area (Å²) in [7, 11) is 0. The van der Waals surface area contributed by atoms with Crippen molar-refractivity contribution in [2.45, 2.75) is 19.3 Å². The van der Waals surface area contributed by atoms with Gasteiger partial charge < -0.3 is 4.90 Å². The molecular formula is C13H15N3OS. The lowest BCUT2D eigenvalue weighted by Crippen LogP contribution is -2.27. The quantitative estimate of drug-likeness (QED) is 0.902. The first-order chi connectivity index (χ1) is 8.75. The van der Waals surface area contributed by atoms with E-state index in [1.54, 1.807) is 0 Å². The number of nitrogens with zero attached hydrogens (tertiary/aromatic N) is 2. The van der Waals surface area contributed by atoms with Crippen molar-refractivity contribution in [3.63, 3.8) is 0 Å². The zero-order valence-corrected chi connectivity index (χ0v) is 11.0. The summed E-state index contributed by atoms with van der Waals surface area (Å²) in [4.78, 5) is 15.0. The molecule has 1 amide bonds. The molecule has 0 saturated carbocycles. The maximum atomic E-state index is 12.2. The monoisotopic (exact) mass is 261 g/mol. The molecule has 3 rings (SSSR count). The highest BCUT2D eigenvalue weighted by Crippen LogP contribution is 2.29. The van der Waals surface area contributed by atoms with Crippen LogP contribution >= 0.6 is 11.3 Å². The van der Waals surface area contributed by atoms with Crippen LogP contribution in [0.4, 0.5) is 0 Å². The first kappa shape index (κ1) is 11.5. The summed E-state index contributed by atoms with van der Waals surface area (Å²) in [6.07, 6.45) is 2.86. The summed E-state index contributed by atoms with van der Waals surface area (Å²) in [6.45, 7) is 3.68. The topological polar surface area (TPSA) is 49.0 Å². The Balaban J connectivity index is 1.73. The van der Waals surface area contributed by atoms with E-state index in [2.05, 4.69) is 17.1 Å². The highest BCUT2D eigenvalue weighted by Gasteiger charge is 2.29. The van der Waals surface area contributed by atoms with E-state index in [1.165, 1.54) is 22.6 Å². The largest absolute Gasteiger partial charge is 0.337 e. The Kier molecular flexibility index (Phi) is 2.91. The molecule has 0 spiro atoms. The molecule has 4 nitrogen and oxygen atoms in total. The zero-order chi connectivity index (χ0) is 12.5. The van der Waals surface area contributed by atoms with Crippen molar-refractivity contribution in [1.29, 1.82) is 0 Å². The Morgan fingerprint density at radius 3 is 3.17 bits per heavy atom. The first-order valence-corrected chi connectivity index (χ1v) is 6.96. The fourth-order valence-corrected chi connectivity index (χ4v) is 3.20. The Morgan fingerprint density at radius 2 is 2.50 bits per heavy atom. The van der Waals surface area contributed by atoms with Gasteiger partial charge in [0.2, 0.25) is 0 Å². The average molecular weight is 261 g/mol. The van der Waals surface area contributed by atoms with Crippen LogP contribution in [0.5, 0.6) is 0 Å². The van der Waals surface area contributed by atoms with E-state index in [1.807, 2.05) is 28.6 Å². The van der Waals surface area contributed by atoms with Gasteiger partial charge in [-0.25, -0.2) is 0 Å². The van der Waals surface area contributed by atoms with Gasteiger partial charge in [-0.2, -0.15) is 5.10 Å². The molecule has 1 saturated heterocycles. The van der Waals surface area contributed by atoms with Crippen molar-refractivity contribution in [3.8, 4) is 0 Å². The van der Waals surface area contributed by atoms with E-state index in [4.69, 9.17) is 0 Å². The fourth-order valence-electron chi connectivity index (χ4n) is 2.51. The molecule has 0 aliphatic carbocycles. The zero-order valence-electron chi connectivity index (χ0n) is 10.2. The molecule has 1 unspecified atom stereocenters. The molecule has 18 heavy (non-hydrogen) atoms. The second kappa shape index (κ2) is 4.57. The van der Waals surface area contributed by atoms with Gasteiger partial charge in [0.15, 0.2) is 0 Å². The van der Waals surface area contributed by atoms with Gasteiger partial charge >= 0.3 is 0 Å². The second-order valence-electron chi connectivity index (χ2n) is 4.68. The SMILES string of the molecule is Cc1cn[nH]c1C1CCN(C(=O)c2cccs2)C1. The van der Waals surface area contributed by atoms with E-state index in [0.717, 1.165) is 24.4 Å². The minimum atomic E-state index is 0.157. The molecular weight excluding hydrogens is 246 g/mol. The number of carbonyl (C=O) groups is 1. The van der Waals surface area contributed by atoms with Gasteiger partial charge in [-0.1, -0.05) is 6.07 Å². The number of aryl methyl sites for hydroxylation is 1. The fraction of sp³-hybridized carbons (Fsp3) is 0.385. The van der Waals surface area contributed by atoms with Crippen molar-refractivity contribution >= 4 is 17.2 Å². The Labute approximate surface area is 110 Å². The van der Waals surface area contributed by atoms with E-state index < -0.39 is 0 Å². The third-order valence-corrected chi connectivity index (χ3v) is 4.34. The molecule has 1 N–H and O–H groups in total. The van der Waals surface area contributed by atoms with Gasteiger partial charge in [-0.15, -0.1) is 11.3 Å². The standard InChI is InChI=1S/C13H15N3OS/c1-9-7-14-15-12(9)10-4-5-16(8-10)13(17)11-3-2-6-18-11/h2-3,6-7,10H,4-5,8H2,1H3,(H,14,15). The molecule has 2 aromatic heterocycles. The van der Waals surface area contributed by atoms with Crippen molar-refractivity contribution < 1.29 is 4.79 Å². The summed E-state index contributed by atoms with van der Waals surface area (Å²) in [5.74, 6) is 0.557. The normalized spacial score (nSPS) is 19.4. The molecule has 5 heteroatoms. The number of H-pyrrole nitrogens is 1. The number of thiophene rings is 1. The molecule has 1 aliphatic rings. The minimum Gasteiger partial charge on any atom is -0.337 e. The number of aromatic nitrogens is 2. The van der Waals surface area contributed by atoms with Gasteiger partial charge in [-0.3, -0.25) is 9.89 Å². The Hall–Kier alpha value is -1.62. The minimum absolute atomic E-state index is 0.157. The highest BCUT2D eigenvalue weighted by molar-refractivity contribution is 7.12. The lowest BCUT2D eigenvalue weighted by atomic mass is 10.0. The van der Waals surface area contributed by atoms with Crippen LogP contribution in [-0.4, -0.2) is 34.1 Å². The Morgan fingerprint density at radius 1 is 1.61 bits per heavy atom. The number of carbonyl (C=O) groups excluding carboxylic acids is 1. The van der Waals surface area contributed by atoms with E-state index >= 15 is 0 Å². The van der Waals surface area contributed by atoms with Crippen LogP contribution in [0.15, 0.2) is 23.7 Å². The van der Waals surface area contributed by atoms with Crippen LogP contribution in [0.2, 0.25) is 0 Å². The van der Waals surface area contributed by atoms with Crippen LogP contribution in [-0.2, 0) is 0 Å². The van der Waals surface area contributed by atoms with Crippen LogP contribution in [0.25, 0.3) is 0 Å². The maximum absolute atomic E-state index is 12.2. The number of amides is 1. The molecule has 1 fully saturated rings. The number of nitrogens with one attached hydrogen (secondary N) is 1. The van der Waals surface area contributed by atoms with E-state index in [0.29, 0.717) is 5.92 Å². The van der Waals surface area contributed by atoms with E-state index in [9.17, 15) is 4.79 Å². The summed E-state index contributed by atoms with van der Waals surface area (Å²) >= 11 is 1.51. The molecule has 1 aliphatic heterocycles. The smallest absolute Gasteiger partial charge is 0.263 e. The molecule has 0 bridgehead atoms. The lowest BCUT2D eigenvalue weighted by Gasteiger charge is -2.15. The van der Waals surface area contributed by atoms with Crippen molar-refractivity contribution in [2.24, 2.45) is 0 Å². The molecule has 0 aromatic carbocycles. The number of hydrogen-bond donors (Lipinski definition) is 1. The van der Waals surface area contributed by atoms with Crippen molar-refractivity contribution in [2.75, 3.05) is 13.1 Å². The summed E-state index contributed by atoms with van der Waals surface area (Å²) in [5, 5.41) is 9.06. The van der Waals surface area contributed by atoms with Crippen LogP contribution < -0.4 is 0 Å². The molecule has 1 atom stereocenters. The van der Waals surface area contributed by atoms with Crippen molar-refractivity contribution in [3.05, 3.63) is 39.8 Å². The molecule has 0 radical (unpaired) electrons. The van der Waals surface area contributed by atoms with Gasteiger partial charge in [0.25, 0.3) is 5.91 Å². The van der Waals surface area contributed by atoms with Gasteiger partial charge in [0, 0.05) is 24.7 Å². The van der Waals surface area contributed by atoms with Crippen molar-refractivity contribution in [1.82, 2.24) is 15.1 Å². The second-order valence-corrected chi connectivity index (χ2v) is 5.63. The highest BCUT2D eigenvalue weighted by atomic mass is 32.1. The van der Waals surface area contributed by atoms with Crippen LogP contribution in [0.1, 0.15) is 33.3 Å². The van der Waals surface area contributed by atoms with Crippen LogP contribution in [0.3, 0.4) is 0 Å². The summed E-state index contributed by atoms with van der Waals surface area (Å²) in [5.41, 5.74) is 2.36. The first-order valence-electron chi connectivity index (χ1n) is 6.08. The van der Waals surface area contributed by atoms with Gasteiger partial charge in [-0.05, 0) is 30.4 Å². The molecule has 2 aromatic rings. The van der Waals surface area contributed by atoms with E-state index in [-0.39, 0.29) is 5.91 Å². The lowest BCUT2D eigenvalue weighted by molar-refractivity contribution is 0.0795. The Bertz CT molecular complexity index is 546. The third kappa shape index (κ3) is 1.95.